The number of esters is 1. The number of amides is 1. The Morgan fingerprint density at radius 3 is 2.45 bits per heavy atom. The van der Waals surface area contributed by atoms with Crippen LogP contribution in [0.3, 0.4) is 0 Å². The summed E-state index contributed by atoms with van der Waals surface area (Å²) in [6.07, 6.45) is 12.7. The molecule has 2 rings (SSSR count). The summed E-state index contributed by atoms with van der Waals surface area (Å²) in [6, 6.07) is 0.284. The second kappa shape index (κ2) is 16.6. The number of likely N-dealkylation sites (tertiary alicyclic amines) is 1. The molecule has 1 aliphatic carbocycles. The Labute approximate surface area is 205 Å². The van der Waals surface area contributed by atoms with Crippen molar-refractivity contribution < 1.29 is 14.3 Å². The molecule has 1 atom stereocenters. The predicted octanol–water partition coefficient (Wildman–Crippen LogP) is 3.85. The van der Waals surface area contributed by atoms with Gasteiger partial charge < -0.3 is 20.3 Å². The summed E-state index contributed by atoms with van der Waals surface area (Å²) in [4.78, 5) is 30.4. The predicted molar refractivity (Wildman–Crippen MR) is 136 cm³/mol. The fourth-order valence-corrected chi connectivity index (χ4v) is 4.44. The highest BCUT2D eigenvalue weighted by molar-refractivity contribution is 14.0. The third-order valence-electron chi connectivity index (χ3n) is 6.17. The van der Waals surface area contributed by atoms with Crippen LogP contribution in [-0.2, 0) is 14.3 Å². The molecule has 2 aliphatic rings. The third kappa shape index (κ3) is 10.9. The molecule has 0 aromatic rings. The van der Waals surface area contributed by atoms with Crippen LogP contribution in [0.15, 0.2) is 4.99 Å². The molecule has 0 aromatic carbocycles. The molecule has 1 saturated heterocycles. The highest BCUT2D eigenvalue weighted by Gasteiger charge is 2.31. The van der Waals surface area contributed by atoms with Crippen molar-refractivity contribution in [3.63, 3.8) is 0 Å². The van der Waals surface area contributed by atoms with E-state index in [0.29, 0.717) is 18.9 Å². The summed E-state index contributed by atoms with van der Waals surface area (Å²) in [5.74, 6) is 1.37. The molecule has 0 bridgehead atoms. The van der Waals surface area contributed by atoms with Gasteiger partial charge in [0.05, 0.1) is 6.61 Å². The lowest BCUT2D eigenvalue weighted by Gasteiger charge is -2.26. The van der Waals surface area contributed by atoms with E-state index in [0.717, 1.165) is 77.0 Å². The largest absolute Gasteiger partial charge is 0.466 e. The number of nitrogens with zero attached hydrogens (tertiary/aromatic N) is 2. The van der Waals surface area contributed by atoms with Gasteiger partial charge in [-0.3, -0.25) is 14.6 Å². The molecular weight excluding hydrogens is 507 g/mol. The summed E-state index contributed by atoms with van der Waals surface area (Å²) in [5.41, 5.74) is 0. The monoisotopic (exact) mass is 550 g/mol. The second-order valence-electron chi connectivity index (χ2n) is 8.57. The first-order valence-electron chi connectivity index (χ1n) is 12.1. The van der Waals surface area contributed by atoms with Crippen LogP contribution in [0.1, 0.15) is 84.0 Å². The maximum absolute atomic E-state index is 12.7. The molecule has 2 fully saturated rings. The van der Waals surface area contributed by atoms with Crippen LogP contribution in [0.4, 0.5) is 0 Å². The smallest absolute Gasteiger partial charge is 0.305 e. The zero-order valence-corrected chi connectivity index (χ0v) is 21.8. The van der Waals surface area contributed by atoms with E-state index in [-0.39, 0.29) is 41.9 Å². The van der Waals surface area contributed by atoms with Crippen molar-refractivity contribution in [1.29, 1.82) is 0 Å². The molecule has 1 heterocycles. The van der Waals surface area contributed by atoms with Gasteiger partial charge in [-0.15, -0.1) is 24.0 Å². The zero-order valence-electron chi connectivity index (χ0n) is 19.5. The van der Waals surface area contributed by atoms with Crippen molar-refractivity contribution in [3.8, 4) is 0 Å². The summed E-state index contributed by atoms with van der Waals surface area (Å²) in [5, 5.41) is 6.87. The van der Waals surface area contributed by atoms with Crippen molar-refractivity contribution >= 4 is 41.8 Å². The Morgan fingerprint density at radius 1 is 1.03 bits per heavy atom. The number of aliphatic imine (C=N–C) groups is 1. The zero-order chi connectivity index (χ0) is 21.6. The minimum Gasteiger partial charge on any atom is -0.466 e. The molecule has 1 unspecified atom stereocenters. The maximum Gasteiger partial charge on any atom is 0.305 e. The van der Waals surface area contributed by atoms with Crippen molar-refractivity contribution in [2.75, 3.05) is 33.3 Å². The van der Waals surface area contributed by atoms with Crippen LogP contribution in [0, 0.1) is 5.92 Å². The summed E-state index contributed by atoms with van der Waals surface area (Å²) in [6.45, 7) is 4.84. The van der Waals surface area contributed by atoms with Crippen molar-refractivity contribution in [3.05, 3.63) is 0 Å². The number of hydrogen-bond donors (Lipinski definition) is 2. The fourth-order valence-electron chi connectivity index (χ4n) is 4.44. The SMILES string of the molecule is CCOC(=O)CCCCCCCNC(=NC)NC1CCN(C(=O)C2CCCCC2)C1.I. The molecule has 8 heteroatoms. The average molecular weight is 551 g/mol. The fraction of sp³-hybridized carbons (Fsp3) is 0.870. The van der Waals surface area contributed by atoms with Crippen LogP contribution in [0.25, 0.3) is 0 Å². The van der Waals surface area contributed by atoms with E-state index in [2.05, 4.69) is 20.5 Å². The number of carbonyl (C=O) groups excluding carboxylic acids is 2. The lowest BCUT2D eigenvalue weighted by molar-refractivity contribution is -0.143. The lowest BCUT2D eigenvalue weighted by Crippen LogP contribution is -2.45. The first-order valence-corrected chi connectivity index (χ1v) is 12.1. The van der Waals surface area contributed by atoms with Gasteiger partial charge in [-0.1, -0.05) is 38.5 Å². The molecule has 2 N–H and O–H groups in total. The van der Waals surface area contributed by atoms with Gasteiger partial charge in [0, 0.05) is 45.1 Å². The number of carbonyl (C=O) groups is 2. The Hall–Kier alpha value is -1.06. The first-order chi connectivity index (χ1) is 14.6. The molecule has 0 spiro atoms. The van der Waals surface area contributed by atoms with Crippen LogP contribution < -0.4 is 10.6 Å². The first kappa shape index (κ1) is 28.0. The number of halogens is 1. The Kier molecular flexibility index (Phi) is 14.9. The van der Waals surface area contributed by atoms with Crippen molar-refractivity contribution in [1.82, 2.24) is 15.5 Å². The molecule has 1 aliphatic heterocycles. The highest BCUT2D eigenvalue weighted by Crippen LogP contribution is 2.26. The van der Waals surface area contributed by atoms with Crippen LogP contribution in [0.5, 0.6) is 0 Å². The summed E-state index contributed by atoms with van der Waals surface area (Å²) >= 11 is 0. The standard InChI is InChI=1S/C23H42N4O3.HI/c1-3-30-21(28)14-10-5-4-6-11-16-25-23(24-2)26-20-15-17-27(18-20)22(29)19-12-8-7-9-13-19;/h19-20H,3-18H2,1-2H3,(H2,24,25,26);1H. The Bertz CT molecular complexity index is 553. The Morgan fingerprint density at radius 2 is 1.74 bits per heavy atom. The molecule has 180 valence electrons. The number of guanidine groups is 1. The normalized spacial score (nSPS) is 19.6. The number of ether oxygens (including phenoxy) is 1. The average Bonchev–Trinajstić information content (AvgIpc) is 3.23. The van der Waals surface area contributed by atoms with E-state index >= 15 is 0 Å². The quantitative estimate of drug-likeness (QED) is 0.134. The van der Waals surface area contributed by atoms with Gasteiger partial charge in [-0.05, 0) is 39.0 Å². The summed E-state index contributed by atoms with van der Waals surface area (Å²) < 4.78 is 4.94. The molecule has 7 nitrogen and oxygen atoms in total. The van der Waals surface area contributed by atoms with Crippen molar-refractivity contribution in [2.45, 2.75) is 90.0 Å². The third-order valence-corrected chi connectivity index (χ3v) is 6.17. The molecule has 0 radical (unpaired) electrons. The Balaban J connectivity index is 0.00000480. The molecule has 1 saturated carbocycles. The summed E-state index contributed by atoms with van der Waals surface area (Å²) in [7, 11) is 1.80. The molecule has 0 aromatic heterocycles. The van der Waals surface area contributed by atoms with Crippen LogP contribution >= 0.6 is 24.0 Å². The molecular formula is C23H43IN4O3. The molecule has 1 amide bonds. The van der Waals surface area contributed by atoms with E-state index < -0.39 is 0 Å². The van der Waals surface area contributed by atoms with Gasteiger partial charge >= 0.3 is 5.97 Å². The van der Waals surface area contributed by atoms with Gasteiger partial charge in [0.15, 0.2) is 5.96 Å². The van der Waals surface area contributed by atoms with Gasteiger partial charge in [0.1, 0.15) is 0 Å². The van der Waals surface area contributed by atoms with Crippen LogP contribution in [0.2, 0.25) is 0 Å². The van der Waals surface area contributed by atoms with E-state index in [1.165, 1.54) is 19.3 Å². The highest BCUT2D eigenvalue weighted by atomic mass is 127. The maximum atomic E-state index is 12.7. The number of unbranched alkanes of at least 4 members (excludes halogenated alkanes) is 4. The second-order valence-corrected chi connectivity index (χ2v) is 8.57. The van der Waals surface area contributed by atoms with E-state index in [1.54, 1.807) is 7.05 Å². The molecule has 31 heavy (non-hydrogen) atoms. The van der Waals surface area contributed by atoms with E-state index in [9.17, 15) is 9.59 Å². The van der Waals surface area contributed by atoms with Crippen LogP contribution in [-0.4, -0.2) is 62.1 Å². The van der Waals surface area contributed by atoms with Crippen molar-refractivity contribution in [2.24, 2.45) is 10.9 Å². The minimum atomic E-state index is -0.0834. The van der Waals surface area contributed by atoms with Gasteiger partial charge in [0.25, 0.3) is 0 Å². The van der Waals surface area contributed by atoms with Gasteiger partial charge in [0.2, 0.25) is 5.91 Å². The van der Waals surface area contributed by atoms with E-state index in [1.807, 2.05) is 6.92 Å². The minimum absolute atomic E-state index is 0. The van der Waals surface area contributed by atoms with Gasteiger partial charge in [-0.2, -0.15) is 0 Å². The topological polar surface area (TPSA) is 83.0 Å². The number of nitrogens with one attached hydrogen (secondary N) is 2. The number of rotatable bonds is 11. The lowest BCUT2D eigenvalue weighted by atomic mass is 9.88. The van der Waals surface area contributed by atoms with E-state index in [4.69, 9.17) is 4.74 Å². The van der Waals surface area contributed by atoms with Gasteiger partial charge in [-0.25, -0.2) is 0 Å². The number of hydrogen-bond acceptors (Lipinski definition) is 4.